The molecule has 29 heavy (non-hydrogen) atoms. The van der Waals surface area contributed by atoms with Gasteiger partial charge in [0.15, 0.2) is 0 Å². The molecule has 0 unspecified atom stereocenters. The van der Waals surface area contributed by atoms with Crippen molar-refractivity contribution in [3.8, 4) is 0 Å². The SMILES string of the molecule is CCc1ccc(C2(c3cc(F)ccc3F)CCC(CN3CCCC3=O)CC2)cc1. The first kappa shape index (κ1) is 20.1. The fraction of sp³-hybridized carbons (Fsp3) is 0.480. The molecular formula is C25H29F2NO. The summed E-state index contributed by atoms with van der Waals surface area (Å²) >= 11 is 0. The van der Waals surface area contributed by atoms with Gasteiger partial charge in [0.2, 0.25) is 5.91 Å². The Morgan fingerprint density at radius 2 is 1.79 bits per heavy atom. The molecule has 2 fully saturated rings. The van der Waals surface area contributed by atoms with Crippen LogP contribution in [0.25, 0.3) is 0 Å². The number of likely N-dealkylation sites (tertiary alicyclic amines) is 1. The Morgan fingerprint density at radius 3 is 2.41 bits per heavy atom. The lowest BCUT2D eigenvalue weighted by Crippen LogP contribution is -2.38. The summed E-state index contributed by atoms with van der Waals surface area (Å²) in [7, 11) is 0. The van der Waals surface area contributed by atoms with Crippen molar-refractivity contribution in [2.24, 2.45) is 5.92 Å². The van der Waals surface area contributed by atoms with Crippen LogP contribution in [0.5, 0.6) is 0 Å². The Labute approximate surface area is 171 Å². The zero-order valence-corrected chi connectivity index (χ0v) is 17.1. The van der Waals surface area contributed by atoms with Crippen molar-refractivity contribution in [2.75, 3.05) is 13.1 Å². The van der Waals surface area contributed by atoms with Gasteiger partial charge in [0.1, 0.15) is 11.6 Å². The number of hydrogen-bond donors (Lipinski definition) is 0. The highest BCUT2D eigenvalue weighted by molar-refractivity contribution is 5.78. The first-order chi connectivity index (χ1) is 14.0. The zero-order chi connectivity index (χ0) is 20.4. The number of amides is 1. The summed E-state index contributed by atoms with van der Waals surface area (Å²) in [5.41, 5.74) is 2.27. The molecule has 2 aromatic rings. The highest BCUT2D eigenvalue weighted by Gasteiger charge is 2.41. The summed E-state index contributed by atoms with van der Waals surface area (Å²) in [5, 5.41) is 0. The molecule has 2 nitrogen and oxygen atoms in total. The molecule has 0 atom stereocenters. The van der Waals surface area contributed by atoms with Gasteiger partial charge in [0.05, 0.1) is 0 Å². The molecule has 1 saturated carbocycles. The molecule has 2 aliphatic rings. The van der Waals surface area contributed by atoms with E-state index in [1.807, 2.05) is 4.90 Å². The molecule has 4 heteroatoms. The van der Waals surface area contributed by atoms with E-state index in [0.29, 0.717) is 17.9 Å². The lowest BCUT2D eigenvalue weighted by Gasteiger charge is -2.42. The van der Waals surface area contributed by atoms with E-state index < -0.39 is 11.2 Å². The first-order valence-electron chi connectivity index (χ1n) is 10.8. The van der Waals surface area contributed by atoms with Crippen LogP contribution in [0.15, 0.2) is 42.5 Å². The highest BCUT2D eigenvalue weighted by atomic mass is 19.1. The van der Waals surface area contributed by atoms with Crippen LogP contribution in [-0.2, 0) is 16.6 Å². The van der Waals surface area contributed by atoms with Gasteiger partial charge >= 0.3 is 0 Å². The summed E-state index contributed by atoms with van der Waals surface area (Å²) in [6.07, 6.45) is 5.93. The second-order valence-corrected chi connectivity index (χ2v) is 8.64. The van der Waals surface area contributed by atoms with Crippen molar-refractivity contribution < 1.29 is 13.6 Å². The molecule has 0 spiro atoms. The zero-order valence-electron chi connectivity index (χ0n) is 17.1. The summed E-state index contributed by atoms with van der Waals surface area (Å²) < 4.78 is 29.0. The predicted molar refractivity (Wildman–Crippen MR) is 111 cm³/mol. The van der Waals surface area contributed by atoms with E-state index in [2.05, 4.69) is 31.2 Å². The Hall–Kier alpha value is -2.23. The summed E-state index contributed by atoms with van der Waals surface area (Å²) in [5.74, 6) is -0.0419. The van der Waals surface area contributed by atoms with Gasteiger partial charge in [-0.05, 0) is 73.8 Å². The van der Waals surface area contributed by atoms with Crippen LogP contribution >= 0.6 is 0 Å². The van der Waals surface area contributed by atoms with Crippen LogP contribution in [0, 0.1) is 17.6 Å². The number of aryl methyl sites for hydroxylation is 1. The predicted octanol–water partition coefficient (Wildman–Crippen LogP) is 5.63. The van der Waals surface area contributed by atoms with Crippen LogP contribution in [0.4, 0.5) is 8.78 Å². The third-order valence-electron chi connectivity index (χ3n) is 6.97. The van der Waals surface area contributed by atoms with Gasteiger partial charge < -0.3 is 4.90 Å². The minimum Gasteiger partial charge on any atom is -0.342 e. The molecular weight excluding hydrogens is 368 g/mol. The molecule has 154 valence electrons. The second kappa shape index (κ2) is 8.25. The quantitative estimate of drug-likeness (QED) is 0.641. The Kier molecular flexibility index (Phi) is 5.71. The van der Waals surface area contributed by atoms with Crippen LogP contribution in [0.3, 0.4) is 0 Å². The average Bonchev–Trinajstić information content (AvgIpc) is 3.15. The number of carbonyl (C=O) groups excluding carboxylic acids is 1. The van der Waals surface area contributed by atoms with Crippen LogP contribution in [0.1, 0.15) is 62.1 Å². The fourth-order valence-corrected chi connectivity index (χ4v) is 5.20. The monoisotopic (exact) mass is 397 g/mol. The topological polar surface area (TPSA) is 20.3 Å². The largest absolute Gasteiger partial charge is 0.342 e. The number of benzene rings is 2. The minimum absolute atomic E-state index is 0.258. The van der Waals surface area contributed by atoms with Crippen molar-refractivity contribution in [3.63, 3.8) is 0 Å². The van der Waals surface area contributed by atoms with Crippen molar-refractivity contribution in [3.05, 3.63) is 70.8 Å². The standard InChI is InChI=1S/C25H29F2NO/c1-2-18-5-7-20(8-6-18)25(22-16-21(26)9-10-23(22)27)13-11-19(12-14-25)17-28-15-3-4-24(28)29/h5-10,16,19H,2-4,11-15,17H2,1H3. The van der Waals surface area contributed by atoms with Crippen molar-refractivity contribution in [1.82, 2.24) is 4.90 Å². The second-order valence-electron chi connectivity index (χ2n) is 8.64. The maximum Gasteiger partial charge on any atom is 0.222 e. The fourth-order valence-electron chi connectivity index (χ4n) is 5.20. The molecule has 1 aliphatic heterocycles. The number of halogens is 2. The van der Waals surface area contributed by atoms with Crippen LogP contribution < -0.4 is 0 Å². The van der Waals surface area contributed by atoms with Gasteiger partial charge in [-0.25, -0.2) is 8.78 Å². The Bertz CT molecular complexity index is 869. The van der Waals surface area contributed by atoms with Gasteiger partial charge in [0.25, 0.3) is 0 Å². The van der Waals surface area contributed by atoms with E-state index in [4.69, 9.17) is 0 Å². The van der Waals surface area contributed by atoms with E-state index in [-0.39, 0.29) is 11.7 Å². The molecule has 2 aromatic carbocycles. The molecule has 0 bridgehead atoms. The molecule has 1 heterocycles. The third-order valence-corrected chi connectivity index (χ3v) is 6.97. The number of rotatable bonds is 5. The number of hydrogen-bond acceptors (Lipinski definition) is 1. The minimum atomic E-state index is -0.510. The van der Waals surface area contributed by atoms with E-state index in [9.17, 15) is 13.6 Å². The van der Waals surface area contributed by atoms with E-state index in [1.165, 1.54) is 23.8 Å². The third kappa shape index (κ3) is 3.94. The van der Waals surface area contributed by atoms with Gasteiger partial charge in [-0.3, -0.25) is 4.79 Å². The molecule has 4 rings (SSSR count). The summed E-state index contributed by atoms with van der Waals surface area (Å²) in [6, 6.07) is 12.2. The molecule has 0 aromatic heterocycles. The molecule has 1 saturated heterocycles. The van der Waals surface area contributed by atoms with Gasteiger partial charge in [-0.15, -0.1) is 0 Å². The summed E-state index contributed by atoms with van der Waals surface area (Å²) in [6.45, 7) is 3.77. The molecule has 1 aliphatic carbocycles. The van der Waals surface area contributed by atoms with Gasteiger partial charge in [0, 0.05) is 30.5 Å². The smallest absolute Gasteiger partial charge is 0.222 e. The number of carbonyl (C=O) groups is 1. The highest BCUT2D eigenvalue weighted by Crippen LogP contribution is 2.47. The lowest BCUT2D eigenvalue weighted by atomic mass is 9.63. The maximum absolute atomic E-state index is 14.9. The van der Waals surface area contributed by atoms with E-state index in [0.717, 1.165) is 57.2 Å². The Balaban J connectivity index is 1.63. The van der Waals surface area contributed by atoms with E-state index in [1.54, 1.807) is 0 Å². The lowest BCUT2D eigenvalue weighted by molar-refractivity contribution is -0.128. The summed E-state index contributed by atoms with van der Waals surface area (Å²) in [4.78, 5) is 14.0. The van der Waals surface area contributed by atoms with E-state index >= 15 is 0 Å². The molecule has 1 amide bonds. The van der Waals surface area contributed by atoms with Crippen molar-refractivity contribution >= 4 is 5.91 Å². The maximum atomic E-state index is 14.9. The number of nitrogens with zero attached hydrogens (tertiary/aromatic N) is 1. The average molecular weight is 398 g/mol. The normalized spacial score (nSPS) is 24.9. The van der Waals surface area contributed by atoms with Crippen LogP contribution in [0.2, 0.25) is 0 Å². The van der Waals surface area contributed by atoms with Gasteiger partial charge in [-0.1, -0.05) is 31.2 Å². The van der Waals surface area contributed by atoms with Crippen LogP contribution in [-0.4, -0.2) is 23.9 Å². The van der Waals surface area contributed by atoms with Crippen molar-refractivity contribution in [2.45, 2.75) is 57.3 Å². The Morgan fingerprint density at radius 1 is 1.07 bits per heavy atom. The van der Waals surface area contributed by atoms with Gasteiger partial charge in [-0.2, -0.15) is 0 Å². The molecule has 0 radical (unpaired) electrons. The molecule has 0 N–H and O–H groups in total. The van der Waals surface area contributed by atoms with Crippen molar-refractivity contribution in [1.29, 1.82) is 0 Å². The first-order valence-corrected chi connectivity index (χ1v) is 10.8.